The molecule has 0 aromatic carbocycles. The van der Waals surface area contributed by atoms with Crippen LogP contribution in [0.4, 0.5) is 0 Å². The molecule has 3 rings (SSSR count). The van der Waals surface area contributed by atoms with Gasteiger partial charge < -0.3 is 4.57 Å². The van der Waals surface area contributed by atoms with Crippen molar-refractivity contribution in [1.82, 2.24) is 24.7 Å². The maximum absolute atomic E-state index is 12.3. The van der Waals surface area contributed by atoms with Gasteiger partial charge in [0.05, 0.1) is 0 Å². The molecule has 7 heteroatoms. The summed E-state index contributed by atoms with van der Waals surface area (Å²) in [6.07, 6.45) is 5.78. The maximum Gasteiger partial charge on any atom is 0.191 e. The average Bonchev–Trinajstić information content (AvgIpc) is 3.00. The number of rotatable bonds is 7. The molecule has 0 unspecified atom stereocenters. The molecule has 0 radical (unpaired) electrons. The first-order chi connectivity index (χ1) is 12.1. The van der Waals surface area contributed by atoms with Crippen LogP contribution in [0, 0.1) is 0 Å². The van der Waals surface area contributed by atoms with Crippen molar-refractivity contribution in [2.75, 3.05) is 0 Å². The van der Waals surface area contributed by atoms with E-state index in [1.54, 1.807) is 30.5 Å². The second kappa shape index (κ2) is 8.02. The van der Waals surface area contributed by atoms with Crippen LogP contribution in [0.5, 0.6) is 0 Å². The Morgan fingerprint density at radius 1 is 1.16 bits per heavy atom. The number of hydrogen-bond acceptors (Lipinski definition) is 6. The van der Waals surface area contributed by atoms with Gasteiger partial charge in [-0.05, 0) is 36.8 Å². The molecular formula is C18H19N5OS. The molecule has 0 aliphatic rings. The number of aromatic nitrogens is 5. The molecule has 0 spiro atoms. The first-order valence-electron chi connectivity index (χ1n) is 7.99. The fourth-order valence-corrected chi connectivity index (χ4v) is 3.33. The Morgan fingerprint density at radius 2 is 1.96 bits per heavy atom. The van der Waals surface area contributed by atoms with E-state index >= 15 is 0 Å². The Balaban J connectivity index is 1.64. The third-order valence-corrected chi connectivity index (χ3v) is 4.95. The highest BCUT2D eigenvalue weighted by Crippen LogP contribution is 2.33. The van der Waals surface area contributed by atoms with Crippen LogP contribution in [0.2, 0.25) is 0 Å². The number of Topliss-reactive ketones (excluding diaryl/α,β-unsaturated/α-hetero) is 1. The van der Waals surface area contributed by atoms with Gasteiger partial charge in [0.1, 0.15) is 12.1 Å². The van der Waals surface area contributed by atoms with E-state index in [2.05, 4.69) is 27.1 Å². The van der Waals surface area contributed by atoms with Crippen LogP contribution in [-0.2, 0) is 24.7 Å². The van der Waals surface area contributed by atoms with Crippen molar-refractivity contribution in [3.8, 4) is 0 Å². The SMILES string of the molecule is C[C@H](Sc1nncn1C)c1ccnc(CC(=O)Cc2ccccn2)c1. The van der Waals surface area contributed by atoms with Crippen LogP contribution < -0.4 is 0 Å². The van der Waals surface area contributed by atoms with E-state index in [0.29, 0.717) is 12.8 Å². The minimum Gasteiger partial charge on any atom is -0.312 e. The highest BCUT2D eigenvalue weighted by atomic mass is 32.2. The molecule has 0 N–H and O–H groups in total. The van der Waals surface area contributed by atoms with Gasteiger partial charge in [-0.15, -0.1) is 10.2 Å². The molecule has 1 atom stereocenters. The molecule has 0 bridgehead atoms. The third kappa shape index (κ3) is 4.73. The second-order valence-corrected chi connectivity index (χ2v) is 7.09. The molecule has 0 saturated heterocycles. The first-order valence-corrected chi connectivity index (χ1v) is 8.87. The Morgan fingerprint density at radius 3 is 2.68 bits per heavy atom. The number of pyridine rings is 2. The molecule has 0 fully saturated rings. The quantitative estimate of drug-likeness (QED) is 0.608. The minimum atomic E-state index is 0.108. The predicted octanol–water partition coefficient (Wildman–Crippen LogP) is 2.81. The molecule has 0 saturated carbocycles. The summed E-state index contributed by atoms with van der Waals surface area (Å²) in [5.41, 5.74) is 2.68. The molecule has 6 nitrogen and oxygen atoms in total. The highest BCUT2D eigenvalue weighted by Gasteiger charge is 2.13. The summed E-state index contributed by atoms with van der Waals surface area (Å²) in [4.78, 5) is 20.8. The van der Waals surface area contributed by atoms with Gasteiger partial charge >= 0.3 is 0 Å². The molecule has 25 heavy (non-hydrogen) atoms. The first kappa shape index (κ1) is 17.3. The monoisotopic (exact) mass is 353 g/mol. The molecule has 0 aliphatic carbocycles. The summed E-state index contributed by atoms with van der Waals surface area (Å²) in [6.45, 7) is 2.11. The van der Waals surface area contributed by atoms with Crippen molar-refractivity contribution in [2.24, 2.45) is 7.05 Å². The van der Waals surface area contributed by atoms with Crippen molar-refractivity contribution in [3.63, 3.8) is 0 Å². The minimum absolute atomic E-state index is 0.108. The lowest BCUT2D eigenvalue weighted by atomic mass is 10.1. The average molecular weight is 353 g/mol. The highest BCUT2D eigenvalue weighted by molar-refractivity contribution is 7.99. The summed E-state index contributed by atoms with van der Waals surface area (Å²) in [6, 6.07) is 9.56. The van der Waals surface area contributed by atoms with Gasteiger partial charge in [0.2, 0.25) is 0 Å². The molecule has 3 aromatic rings. The summed E-state index contributed by atoms with van der Waals surface area (Å²) in [5, 5.41) is 9.04. The number of thioether (sulfide) groups is 1. The summed E-state index contributed by atoms with van der Waals surface area (Å²) < 4.78 is 1.89. The van der Waals surface area contributed by atoms with Gasteiger partial charge in [-0.25, -0.2) is 0 Å². The number of hydrogen-bond donors (Lipinski definition) is 0. The molecule has 128 valence electrons. The zero-order chi connectivity index (χ0) is 17.6. The van der Waals surface area contributed by atoms with E-state index in [0.717, 1.165) is 22.1 Å². The van der Waals surface area contributed by atoms with Crippen LogP contribution in [-0.4, -0.2) is 30.5 Å². The normalized spacial score (nSPS) is 12.1. The van der Waals surface area contributed by atoms with Crippen molar-refractivity contribution in [3.05, 3.63) is 66.0 Å². The van der Waals surface area contributed by atoms with Gasteiger partial charge in [-0.3, -0.25) is 14.8 Å². The molecule has 3 heterocycles. The molecule has 0 amide bonds. The van der Waals surface area contributed by atoms with Crippen LogP contribution in [0.25, 0.3) is 0 Å². The zero-order valence-electron chi connectivity index (χ0n) is 14.2. The number of aryl methyl sites for hydroxylation is 1. The number of nitrogens with zero attached hydrogens (tertiary/aromatic N) is 5. The number of carbonyl (C=O) groups is 1. The lowest BCUT2D eigenvalue weighted by Crippen LogP contribution is -2.09. The fraction of sp³-hybridized carbons (Fsp3) is 0.278. The van der Waals surface area contributed by atoms with Gasteiger partial charge in [0, 0.05) is 48.9 Å². The van der Waals surface area contributed by atoms with Crippen LogP contribution in [0.1, 0.15) is 29.1 Å². The Hall–Kier alpha value is -2.54. The fourth-order valence-electron chi connectivity index (χ4n) is 2.42. The van der Waals surface area contributed by atoms with Crippen molar-refractivity contribution in [2.45, 2.75) is 30.2 Å². The van der Waals surface area contributed by atoms with E-state index in [-0.39, 0.29) is 11.0 Å². The second-order valence-electron chi connectivity index (χ2n) is 5.78. The van der Waals surface area contributed by atoms with Crippen molar-refractivity contribution >= 4 is 17.5 Å². The predicted molar refractivity (Wildman–Crippen MR) is 96.2 cm³/mol. The molecule has 3 aromatic heterocycles. The Bertz CT molecular complexity index is 849. The smallest absolute Gasteiger partial charge is 0.191 e. The van der Waals surface area contributed by atoms with E-state index < -0.39 is 0 Å². The number of carbonyl (C=O) groups excluding carboxylic acids is 1. The van der Waals surface area contributed by atoms with Gasteiger partial charge in [-0.2, -0.15) is 0 Å². The topological polar surface area (TPSA) is 73.6 Å². The standard InChI is InChI=1S/C18H19N5OS/c1-13(25-18-22-21-12-23(18)2)14-6-8-20-16(9-14)11-17(24)10-15-5-3-4-7-19-15/h3-9,12-13H,10-11H2,1-2H3/t13-/m0/s1. The Labute approximate surface area is 150 Å². The lowest BCUT2D eigenvalue weighted by molar-refractivity contribution is -0.117. The number of ketones is 1. The summed E-state index contributed by atoms with van der Waals surface area (Å²) in [5.74, 6) is 0.108. The maximum atomic E-state index is 12.3. The van der Waals surface area contributed by atoms with Crippen molar-refractivity contribution in [1.29, 1.82) is 0 Å². The van der Waals surface area contributed by atoms with Crippen LogP contribution >= 0.6 is 11.8 Å². The van der Waals surface area contributed by atoms with Crippen molar-refractivity contribution < 1.29 is 4.79 Å². The zero-order valence-corrected chi connectivity index (χ0v) is 15.0. The van der Waals surface area contributed by atoms with Gasteiger partial charge in [0.25, 0.3) is 0 Å². The van der Waals surface area contributed by atoms with Crippen LogP contribution in [0.3, 0.4) is 0 Å². The van der Waals surface area contributed by atoms with Gasteiger partial charge in [-0.1, -0.05) is 17.8 Å². The Kier molecular flexibility index (Phi) is 5.55. The third-order valence-electron chi connectivity index (χ3n) is 3.74. The summed E-state index contributed by atoms with van der Waals surface area (Å²) >= 11 is 1.63. The van der Waals surface area contributed by atoms with E-state index in [1.807, 2.05) is 41.9 Å². The van der Waals surface area contributed by atoms with E-state index in [1.165, 1.54) is 0 Å². The summed E-state index contributed by atoms with van der Waals surface area (Å²) in [7, 11) is 1.92. The van der Waals surface area contributed by atoms with E-state index in [4.69, 9.17) is 0 Å². The largest absolute Gasteiger partial charge is 0.312 e. The van der Waals surface area contributed by atoms with Gasteiger partial charge in [0.15, 0.2) is 5.16 Å². The lowest BCUT2D eigenvalue weighted by Gasteiger charge is -2.11. The molecular weight excluding hydrogens is 334 g/mol. The van der Waals surface area contributed by atoms with E-state index in [9.17, 15) is 4.79 Å². The van der Waals surface area contributed by atoms with Crippen LogP contribution in [0.15, 0.2) is 54.2 Å². The molecule has 0 aliphatic heterocycles.